The zero-order chi connectivity index (χ0) is 26.1. The molecule has 196 valence electrons. The van der Waals surface area contributed by atoms with Crippen molar-refractivity contribution < 1.29 is 4.79 Å². The van der Waals surface area contributed by atoms with Crippen LogP contribution in [0.4, 0.5) is 17.2 Å². The Hall–Kier alpha value is -2.98. The number of nitrogens with zero attached hydrogens (tertiary/aromatic N) is 6. The number of hydrogen-bond donors (Lipinski definition) is 1. The Kier molecular flexibility index (Phi) is 7.48. The van der Waals surface area contributed by atoms with E-state index in [-0.39, 0.29) is 5.91 Å². The first-order valence-electron chi connectivity index (χ1n) is 12.9. The third kappa shape index (κ3) is 5.36. The molecule has 2 aliphatic rings. The lowest BCUT2D eigenvalue weighted by molar-refractivity contribution is 0.0987. The van der Waals surface area contributed by atoms with E-state index in [9.17, 15) is 4.79 Å². The smallest absolute Gasteiger partial charge is 0.278 e. The van der Waals surface area contributed by atoms with Gasteiger partial charge in [-0.3, -0.25) is 14.4 Å². The van der Waals surface area contributed by atoms with E-state index < -0.39 is 0 Å². The number of carbonyl (C=O) groups excluding carboxylic acids is 1. The molecule has 1 aliphatic heterocycles. The number of amides is 1. The van der Waals surface area contributed by atoms with Gasteiger partial charge in [0, 0.05) is 69.5 Å². The fraction of sp³-hybridized carbons (Fsp3) is 0.481. The molecule has 37 heavy (non-hydrogen) atoms. The van der Waals surface area contributed by atoms with Gasteiger partial charge < -0.3 is 15.1 Å². The lowest BCUT2D eigenvalue weighted by atomic mass is 9.97. The highest BCUT2D eigenvalue weighted by atomic mass is 32.1. The van der Waals surface area contributed by atoms with Crippen LogP contribution in [-0.2, 0) is 19.9 Å². The van der Waals surface area contributed by atoms with Gasteiger partial charge in [-0.25, -0.2) is 4.98 Å². The van der Waals surface area contributed by atoms with E-state index in [1.54, 1.807) is 16.2 Å². The molecule has 0 unspecified atom stereocenters. The minimum atomic E-state index is -0.0676. The normalized spacial score (nSPS) is 15.8. The van der Waals surface area contributed by atoms with Crippen molar-refractivity contribution in [3.05, 3.63) is 51.6 Å². The first-order valence-corrected chi connectivity index (χ1v) is 14.2. The van der Waals surface area contributed by atoms with Crippen LogP contribution >= 0.6 is 23.6 Å². The van der Waals surface area contributed by atoms with E-state index in [1.807, 2.05) is 38.3 Å². The summed E-state index contributed by atoms with van der Waals surface area (Å²) >= 11 is 7.28. The van der Waals surface area contributed by atoms with Crippen LogP contribution in [0.1, 0.15) is 58.4 Å². The molecule has 0 radical (unpaired) electrons. The van der Waals surface area contributed by atoms with Crippen molar-refractivity contribution in [2.24, 2.45) is 7.05 Å². The van der Waals surface area contributed by atoms with Gasteiger partial charge in [0.1, 0.15) is 11.5 Å². The van der Waals surface area contributed by atoms with E-state index in [0.29, 0.717) is 11.6 Å². The summed E-state index contributed by atoms with van der Waals surface area (Å²) in [5, 5.41) is 11.7. The lowest BCUT2D eigenvalue weighted by Crippen LogP contribution is -2.40. The summed E-state index contributed by atoms with van der Waals surface area (Å²) in [6, 6.07) is 8.28. The number of thiocarbonyl (C=S) groups is 1. The van der Waals surface area contributed by atoms with Crippen LogP contribution in [-0.4, -0.2) is 64.9 Å². The molecule has 1 fully saturated rings. The molecule has 0 saturated carbocycles. The Labute approximate surface area is 228 Å². The largest absolute Gasteiger partial charge is 0.378 e. The molecule has 1 saturated heterocycles. The zero-order valence-electron chi connectivity index (χ0n) is 22.0. The molecule has 1 amide bonds. The van der Waals surface area contributed by atoms with E-state index >= 15 is 0 Å². The summed E-state index contributed by atoms with van der Waals surface area (Å²) < 4.78 is 1.85. The van der Waals surface area contributed by atoms with Crippen molar-refractivity contribution in [3.63, 3.8) is 0 Å². The number of likely N-dealkylation sites (tertiary alicyclic amines) is 1. The number of carbonyl (C=O) groups is 1. The van der Waals surface area contributed by atoms with Crippen molar-refractivity contribution in [3.8, 4) is 0 Å². The number of nitrogens with one attached hydrogen (secondary N) is 1. The van der Waals surface area contributed by atoms with Crippen molar-refractivity contribution in [1.82, 2.24) is 19.7 Å². The van der Waals surface area contributed by atoms with Crippen LogP contribution in [0, 0.1) is 0 Å². The van der Waals surface area contributed by atoms with Crippen LogP contribution in [0.3, 0.4) is 0 Å². The first kappa shape index (κ1) is 25.7. The van der Waals surface area contributed by atoms with E-state index in [0.717, 1.165) is 78.2 Å². The molecule has 0 bridgehead atoms. The second kappa shape index (κ2) is 10.8. The Balaban J connectivity index is 1.18. The zero-order valence-corrected chi connectivity index (χ0v) is 23.7. The van der Waals surface area contributed by atoms with Crippen LogP contribution in [0.15, 0.2) is 29.6 Å². The predicted molar refractivity (Wildman–Crippen MR) is 155 cm³/mol. The van der Waals surface area contributed by atoms with Gasteiger partial charge in [0.2, 0.25) is 0 Å². The number of benzene rings is 1. The van der Waals surface area contributed by atoms with Crippen molar-refractivity contribution in [2.45, 2.75) is 44.4 Å². The molecule has 1 N–H and O–H groups in total. The SMILES string of the molecule is CN(C)c1ccc(NC(=S)N2CCC(c3nc(C(=O)N(C)c4c5c(nn4C)CCCC5)cs3)CC2)cc1. The molecule has 1 aromatic carbocycles. The fourth-order valence-corrected chi connectivity index (χ4v) is 6.57. The number of hydrogen-bond acceptors (Lipinski definition) is 6. The van der Waals surface area contributed by atoms with Gasteiger partial charge in [-0.05, 0) is 75.0 Å². The standard InChI is InChI=1S/C27H35N7OS2/c1-31(2)20-11-9-19(10-12-20)28-27(36)34-15-13-18(14-16-34)24-29-23(17-37-24)26(35)32(3)25-21-7-5-6-8-22(21)30-33(25)4/h9-12,17-18H,5-8,13-16H2,1-4H3,(H,28,36). The number of piperidine rings is 1. The number of thiazole rings is 1. The highest BCUT2D eigenvalue weighted by Crippen LogP contribution is 2.33. The summed E-state index contributed by atoms with van der Waals surface area (Å²) in [6.45, 7) is 1.74. The number of rotatable bonds is 5. The van der Waals surface area contributed by atoms with Gasteiger partial charge in [-0.15, -0.1) is 11.3 Å². The Morgan fingerprint density at radius 2 is 1.81 bits per heavy atom. The van der Waals surface area contributed by atoms with Crippen LogP contribution in [0.2, 0.25) is 0 Å². The molecule has 10 heteroatoms. The highest BCUT2D eigenvalue weighted by molar-refractivity contribution is 7.80. The van der Waals surface area contributed by atoms with Gasteiger partial charge >= 0.3 is 0 Å². The van der Waals surface area contributed by atoms with Crippen LogP contribution < -0.4 is 15.1 Å². The Morgan fingerprint density at radius 1 is 1.11 bits per heavy atom. The number of anilines is 3. The fourth-order valence-electron chi connectivity index (χ4n) is 5.30. The van der Waals surface area contributed by atoms with Crippen molar-refractivity contribution in [2.75, 3.05) is 49.3 Å². The summed E-state index contributed by atoms with van der Waals surface area (Å²) in [5.41, 5.74) is 5.02. The third-order valence-corrected chi connectivity index (χ3v) is 8.78. The molecule has 0 spiro atoms. The summed E-state index contributed by atoms with van der Waals surface area (Å²) in [4.78, 5) is 24.2. The molecule has 5 rings (SSSR count). The van der Waals surface area contributed by atoms with Crippen LogP contribution in [0.5, 0.6) is 0 Å². The maximum Gasteiger partial charge on any atom is 0.278 e. The molecule has 3 aromatic rings. The average Bonchev–Trinajstić information content (AvgIpc) is 3.52. The van der Waals surface area contributed by atoms with Crippen molar-refractivity contribution in [1.29, 1.82) is 0 Å². The second-order valence-corrected chi connectivity index (χ2v) is 11.4. The van der Waals surface area contributed by atoms with Crippen molar-refractivity contribution >= 4 is 51.8 Å². The predicted octanol–water partition coefficient (Wildman–Crippen LogP) is 4.67. The minimum Gasteiger partial charge on any atom is -0.378 e. The first-order chi connectivity index (χ1) is 17.8. The maximum absolute atomic E-state index is 13.3. The van der Waals surface area contributed by atoms with Gasteiger partial charge in [-0.2, -0.15) is 5.10 Å². The maximum atomic E-state index is 13.3. The Morgan fingerprint density at radius 3 is 2.51 bits per heavy atom. The van der Waals surface area contributed by atoms with Crippen LogP contribution in [0.25, 0.3) is 0 Å². The molecule has 1 aliphatic carbocycles. The number of fused-ring (bicyclic) bond motifs is 1. The minimum absolute atomic E-state index is 0.0676. The van der Waals surface area contributed by atoms with Gasteiger partial charge in [0.25, 0.3) is 5.91 Å². The summed E-state index contributed by atoms with van der Waals surface area (Å²) in [7, 11) is 7.83. The van der Waals surface area contributed by atoms with E-state index in [1.165, 1.54) is 12.0 Å². The molecule has 0 atom stereocenters. The third-order valence-electron chi connectivity index (χ3n) is 7.42. The monoisotopic (exact) mass is 537 g/mol. The lowest BCUT2D eigenvalue weighted by Gasteiger charge is -2.33. The highest BCUT2D eigenvalue weighted by Gasteiger charge is 2.29. The summed E-state index contributed by atoms with van der Waals surface area (Å²) in [6.07, 6.45) is 6.22. The molecule has 3 heterocycles. The van der Waals surface area contributed by atoms with Gasteiger partial charge in [0.05, 0.1) is 10.7 Å². The molecular formula is C27H35N7OS2. The molecular weight excluding hydrogens is 502 g/mol. The summed E-state index contributed by atoms with van der Waals surface area (Å²) in [5.74, 6) is 1.18. The molecule has 2 aromatic heterocycles. The van der Waals surface area contributed by atoms with Gasteiger partial charge in [0.15, 0.2) is 5.11 Å². The average molecular weight is 538 g/mol. The van der Waals surface area contributed by atoms with E-state index in [2.05, 4.69) is 44.5 Å². The van der Waals surface area contributed by atoms with Gasteiger partial charge in [-0.1, -0.05) is 0 Å². The topological polar surface area (TPSA) is 69.5 Å². The number of aromatic nitrogens is 3. The molecule has 8 nitrogen and oxygen atoms in total. The Bertz CT molecular complexity index is 1270. The number of aryl methyl sites for hydroxylation is 2. The second-order valence-electron chi connectivity index (χ2n) is 10.1. The van der Waals surface area contributed by atoms with E-state index in [4.69, 9.17) is 17.2 Å². The quantitative estimate of drug-likeness (QED) is 0.474.